The van der Waals surface area contributed by atoms with Crippen molar-refractivity contribution in [2.24, 2.45) is 0 Å². The number of aryl methyl sites for hydroxylation is 1. The predicted molar refractivity (Wildman–Crippen MR) is 124 cm³/mol. The number of carbonyl (C=O) groups is 1. The molecular weight excluding hydrogens is 408 g/mol. The van der Waals surface area contributed by atoms with E-state index in [1.807, 2.05) is 66.9 Å². The number of phenolic OH excluding ortho intramolecular Hbond substituents is 1. The molecule has 1 aromatic heterocycles. The molecule has 4 aromatic rings. The topological polar surface area (TPSA) is 80.0 Å². The van der Waals surface area contributed by atoms with E-state index in [9.17, 15) is 9.90 Å². The number of nitrogens with one attached hydrogen (secondary N) is 1. The van der Waals surface area contributed by atoms with Gasteiger partial charge < -0.3 is 10.4 Å². The number of phenols is 1. The van der Waals surface area contributed by atoms with Gasteiger partial charge in [0, 0.05) is 16.9 Å². The zero-order chi connectivity index (χ0) is 21.8. The van der Waals surface area contributed by atoms with E-state index in [4.69, 9.17) is 0 Å². The summed E-state index contributed by atoms with van der Waals surface area (Å²) in [6.45, 7) is 4.01. The van der Waals surface area contributed by atoms with Gasteiger partial charge in [-0.25, -0.2) is 0 Å². The molecule has 0 saturated carbocycles. The lowest BCUT2D eigenvalue weighted by Gasteiger charge is -2.12. The van der Waals surface area contributed by atoms with Gasteiger partial charge in [-0.15, -0.1) is 10.2 Å². The number of hydrogen-bond donors (Lipinski definition) is 2. The van der Waals surface area contributed by atoms with E-state index < -0.39 is 0 Å². The standard InChI is InChI=1S/C24H22N4O2S/c1-16-7-6-10-21(17(16)2)25-22(30)15-31-24-27-26-23(18-11-13-20(29)14-12-18)28(24)19-8-4-3-5-9-19/h3-14,29H,15H2,1-2H3,(H,25,30). The first kappa shape index (κ1) is 20.7. The van der Waals surface area contributed by atoms with Gasteiger partial charge in [0.25, 0.3) is 0 Å². The van der Waals surface area contributed by atoms with E-state index in [0.29, 0.717) is 11.0 Å². The second-order valence-corrected chi connectivity index (χ2v) is 8.05. The summed E-state index contributed by atoms with van der Waals surface area (Å²) in [5.41, 5.74) is 4.73. The number of thioether (sulfide) groups is 1. The summed E-state index contributed by atoms with van der Waals surface area (Å²) < 4.78 is 1.92. The molecule has 6 nitrogen and oxygen atoms in total. The van der Waals surface area contributed by atoms with Crippen LogP contribution in [0.3, 0.4) is 0 Å². The summed E-state index contributed by atoms with van der Waals surface area (Å²) in [5, 5.41) is 21.9. The van der Waals surface area contributed by atoms with Crippen LogP contribution in [0.25, 0.3) is 17.1 Å². The van der Waals surface area contributed by atoms with Crippen LogP contribution in [0, 0.1) is 13.8 Å². The van der Waals surface area contributed by atoms with Gasteiger partial charge >= 0.3 is 0 Å². The van der Waals surface area contributed by atoms with E-state index >= 15 is 0 Å². The van der Waals surface area contributed by atoms with Gasteiger partial charge in [-0.1, -0.05) is 42.1 Å². The summed E-state index contributed by atoms with van der Waals surface area (Å²) in [5.74, 6) is 0.928. The zero-order valence-electron chi connectivity index (χ0n) is 17.2. The van der Waals surface area contributed by atoms with E-state index in [1.54, 1.807) is 24.3 Å². The van der Waals surface area contributed by atoms with Crippen molar-refractivity contribution in [3.05, 3.63) is 83.9 Å². The van der Waals surface area contributed by atoms with Crippen molar-refractivity contribution in [1.29, 1.82) is 0 Å². The second-order valence-electron chi connectivity index (χ2n) is 7.11. The number of carbonyl (C=O) groups excluding carboxylic acids is 1. The minimum Gasteiger partial charge on any atom is -0.508 e. The Morgan fingerprint density at radius 3 is 2.45 bits per heavy atom. The average molecular weight is 431 g/mol. The minimum atomic E-state index is -0.104. The maximum absolute atomic E-state index is 12.6. The Kier molecular flexibility index (Phi) is 6.04. The van der Waals surface area contributed by atoms with Crippen molar-refractivity contribution in [2.75, 3.05) is 11.1 Å². The van der Waals surface area contributed by atoms with E-state index in [-0.39, 0.29) is 17.4 Å². The van der Waals surface area contributed by atoms with E-state index in [1.165, 1.54) is 11.8 Å². The number of nitrogens with zero attached hydrogens (tertiary/aromatic N) is 3. The van der Waals surface area contributed by atoms with Crippen LogP contribution in [0.1, 0.15) is 11.1 Å². The summed E-state index contributed by atoms with van der Waals surface area (Å²) in [6, 6.07) is 22.4. The maximum Gasteiger partial charge on any atom is 0.234 e. The zero-order valence-corrected chi connectivity index (χ0v) is 18.1. The van der Waals surface area contributed by atoms with Crippen LogP contribution < -0.4 is 5.32 Å². The Labute approximate surface area is 185 Å². The third-order valence-corrected chi connectivity index (χ3v) is 5.91. The van der Waals surface area contributed by atoms with Gasteiger partial charge in [-0.05, 0) is 67.4 Å². The smallest absolute Gasteiger partial charge is 0.234 e. The number of rotatable bonds is 6. The molecule has 0 atom stereocenters. The predicted octanol–water partition coefficient (Wildman–Crippen LogP) is 4.99. The largest absolute Gasteiger partial charge is 0.508 e. The van der Waals surface area contributed by atoms with Gasteiger partial charge in [0.1, 0.15) is 5.75 Å². The number of benzene rings is 3. The molecule has 3 aromatic carbocycles. The SMILES string of the molecule is Cc1cccc(NC(=O)CSc2nnc(-c3ccc(O)cc3)n2-c2ccccc2)c1C. The maximum atomic E-state index is 12.6. The van der Waals surface area contributed by atoms with Crippen LogP contribution in [0.2, 0.25) is 0 Å². The quantitative estimate of drug-likeness (QED) is 0.421. The van der Waals surface area contributed by atoms with Crippen LogP contribution >= 0.6 is 11.8 Å². The molecule has 1 amide bonds. The summed E-state index contributed by atoms with van der Waals surface area (Å²) in [6.07, 6.45) is 0. The first-order chi connectivity index (χ1) is 15.0. The number of hydrogen-bond acceptors (Lipinski definition) is 5. The fourth-order valence-electron chi connectivity index (χ4n) is 3.17. The highest BCUT2D eigenvalue weighted by molar-refractivity contribution is 7.99. The molecule has 0 aliphatic heterocycles. The molecule has 0 aliphatic rings. The molecule has 0 aliphatic carbocycles. The van der Waals surface area contributed by atoms with Gasteiger partial charge in [-0.2, -0.15) is 0 Å². The summed E-state index contributed by atoms with van der Waals surface area (Å²) in [7, 11) is 0. The lowest BCUT2D eigenvalue weighted by atomic mass is 10.1. The van der Waals surface area contributed by atoms with Crippen molar-refractivity contribution in [1.82, 2.24) is 14.8 Å². The first-order valence-electron chi connectivity index (χ1n) is 9.82. The van der Waals surface area contributed by atoms with Crippen molar-refractivity contribution in [2.45, 2.75) is 19.0 Å². The molecule has 0 spiro atoms. The third-order valence-electron chi connectivity index (χ3n) is 4.98. The summed E-state index contributed by atoms with van der Waals surface area (Å²) >= 11 is 1.33. The molecule has 7 heteroatoms. The molecule has 2 N–H and O–H groups in total. The Morgan fingerprint density at radius 1 is 0.968 bits per heavy atom. The monoisotopic (exact) mass is 430 g/mol. The number of aromatic nitrogens is 3. The molecule has 0 bridgehead atoms. The van der Waals surface area contributed by atoms with Gasteiger partial charge in [0.15, 0.2) is 11.0 Å². The van der Waals surface area contributed by atoms with Crippen LogP contribution in [-0.4, -0.2) is 31.5 Å². The van der Waals surface area contributed by atoms with Gasteiger partial charge in [-0.3, -0.25) is 9.36 Å². The summed E-state index contributed by atoms with van der Waals surface area (Å²) in [4.78, 5) is 12.6. The van der Waals surface area contributed by atoms with Crippen LogP contribution in [0.15, 0.2) is 78.0 Å². The minimum absolute atomic E-state index is 0.104. The number of aromatic hydroxyl groups is 1. The normalized spacial score (nSPS) is 10.8. The van der Waals surface area contributed by atoms with Crippen molar-refractivity contribution in [3.8, 4) is 22.8 Å². The molecule has 0 saturated heterocycles. The number of para-hydroxylation sites is 1. The highest BCUT2D eigenvalue weighted by Crippen LogP contribution is 2.29. The van der Waals surface area contributed by atoms with Crippen LogP contribution in [0.4, 0.5) is 5.69 Å². The van der Waals surface area contributed by atoms with Crippen LogP contribution in [0.5, 0.6) is 5.75 Å². The Bertz CT molecular complexity index is 1200. The highest BCUT2D eigenvalue weighted by Gasteiger charge is 2.17. The van der Waals surface area contributed by atoms with Crippen molar-refractivity contribution < 1.29 is 9.90 Å². The molecule has 31 heavy (non-hydrogen) atoms. The van der Waals surface area contributed by atoms with Gasteiger partial charge in [0.2, 0.25) is 5.91 Å². The van der Waals surface area contributed by atoms with Crippen molar-refractivity contribution in [3.63, 3.8) is 0 Å². The lowest BCUT2D eigenvalue weighted by Crippen LogP contribution is -2.15. The average Bonchev–Trinajstić information content (AvgIpc) is 3.20. The molecule has 4 rings (SSSR count). The fourth-order valence-corrected chi connectivity index (χ4v) is 3.93. The fraction of sp³-hybridized carbons (Fsp3) is 0.125. The molecule has 0 unspecified atom stereocenters. The molecule has 0 fully saturated rings. The highest BCUT2D eigenvalue weighted by atomic mass is 32.2. The molecular formula is C24H22N4O2S. The number of amides is 1. The van der Waals surface area contributed by atoms with Crippen LogP contribution in [-0.2, 0) is 4.79 Å². The first-order valence-corrected chi connectivity index (χ1v) is 10.8. The second kappa shape index (κ2) is 9.06. The Morgan fingerprint density at radius 2 is 1.71 bits per heavy atom. The third kappa shape index (κ3) is 4.62. The van der Waals surface area contributed by atoms with E-state index in [2.05, 4.69) is 15.5 Å². The Hall–Kier alpha value is -3.58. The number of anilines is 1. The van der Waals surface area contributed by atoms with E-state index in [0.717, 1.165) is 28.1 Å². The molecule has 156 valence electrons. The van der Waals surface area contributed by atoms with Crippen molar-refractivity contribution >= 4 is 23.4 Å². The Balaban J connectivity index is 1.59. The lowest BCUT2D eigenvalue weighted by molar-refractivity contribution is -0.113. The molecule has 1 heterocycles. The molecule has 0 radical (unpaired) electrons. The van der Waals surface area contributed by atoms with Gasteiger partial charge in [0.05, 0.1) is 5.75 Å².